The first-order valence-corrected chi connectivity index (χ1v) is 6.22. The lowest BCUT2D eigenvalue weighted by molar-refractivity contribution is -0.150. The summed E-state index contributed by atoms with van der Waals surface area (Å²) in [5, 5.41) is 9.23. The number of nitrogens with zero attached hydrogens (tertiary/aromatic N) is 1. The second-order valence-corrected chi connectivity index (χ2v) is 4.55. The lowest BCUT2D eigenvalue weighted by Crippen LogP contribution is -2.33. The van der Waals surface area contributed by atoms with Gasteiger partial charge in [-0.15, -0.1) is 6.42 Å². The summed E-state index contributed by atoms with van der Waals surface area (Å²) in [5.74, 6) is 1.65. The van der Waals surface area contributed by atoms with Crippen LogP contribution in [0.2, 0.25) is 0 Å². The van der Waals surface area contributed by atoms with Crippen LogP contribution in [0, 0.1) is 12.3 Å². The van der Waals surface area contributed by atoms with E-state index in [9.17, 15) is 19.5 Å². The van der Waals surface area contributed by atoms with Gasteiger partial charge in [-0.3, -0.25) is 19.1 Å². The van der Waals surface area contributed by atoms with Crippen molar-refractivity contribution in [1.82, 2.24) is 9.55 Å². The van der Waals surface area contributed by atoms with Gasteiger partial charge in [-0.05, 0) is 0 Å². The molecule has 0 aliphatic carbocycles. The van der Waals surface area contributed by atoms with E-state index < -0.39 is 35.7 Å². The summed E-state index contributed by atoms with van der Waals surface area (Å²) in [6, 6.07) is 0. The number of rotatable bonds is 3. The molecule has 2 N–H and O–H groups in total. The van der Waals surface area contributed by atoms with Crippen molar-refractivity contribution in [3.8, 4) is 12.3 Å². The number of nitrogens with one attached hydrogen (secondary N) is 1. The Morgan fingerprint density at radius 3 is 2.95 bits per heavy atom. The molecular formula is C13H14N2O6. The number of aromatic amines is 1. The summed E-state index contributed by atoms with van der Waals surface area (Å²) < 4.78 is 11.6. The first-order valence-electron chi connectivity index (χ1n) is 6.22. The summed E-state index contributed by atoms with van der Waals surface area (Å²) in [4.78, 5) is 36.3. The molecule has 1 saturated heterocycles. The third-order valence-electron chi connectivity index (χ3n) is 3.11. The Bertz CT molecular complexity index is 698. The van der Waals surface area contributed by atoms with Crippen molar-refractivity contribution >= 4 is 5.97 Å². The lowest BCUT2D eigenvalue weighted by atomic mass is 10.2. The predicted molar refractivity (Wildman–Crippen MR) is 70.4 cm³/mol. The van der Waals surface area contributed by atoms with E-state index in [2.05, 4.69) is 10.9 Å². The van der Waals surface area contributed by atoms with Gasteiger partial charge in [0.2, 0.25) is 0 Å². The van der Waals surface area contributed by atoms with E-state index in [-0.39, 0.29) is 18.6 Å². The highest BCUT2D eigenvalue weighted by Gasteiger charge is 2.38. The fourth-order valence-electron chi connectivity index (χ4n) is 2.17. The van der Waals surface area contributed by atoms with E-state index in [4.69, 9.17) is 15.9 Å². The van der Waals surface area contributed by atoms with Crippen LogP contribution in [-0.2, 0) is 14.3 Å². The summed E-state index contributed by atoms with van der Waals surface area (Å²) in [6.45, 7) is 0.874. The van der Waals surface area contributed by atoms with E-state index in [1.165, 1.54) is 13.1 Å². The van der Waals surface area contributed by atoms with Crippen LogP contribution in [0.3, 0.4) is 0 Å². The van der Waals surface area contributed by atoms with Gasteiger partial charge >= 0.3 is 11.7 Å². The predicted octanol–water partition coefficient (Wildman–Crippen LogP) is -1.27. The van der Waals surface area contributed by atoms with Crippen LogP contribution >= 0.6 is 0 Å². The molecule has 0 saturated carbocycles. The number of hydrogen-bond donors (Lipinski definition) is 2. The van der Waals surface area contributed by atoms with E-state index in [1.807, 2.05) is 0 Å². The number of terminal acetylenes is 1. The van der Waals surface area contributed by atoms with Crippen molar-refractivity contribution in [3.05, 3.63) is 32.6 Å². The Labute approximate surface area is 119 Å². The number of aromatic nitrogens is 2. The highest BCUT2D eigenvalue weighted by Crippen LogP contribution is 2.29. The van der Waals surface area contributed by atoms with Gasteiger partial charge in [-0.1, -0.05) is 5.92 Å². The fourth-order valence-corrected chi connectivity index (χ4v) is 2.17. The van der Waals surface area contributed by atoms with Gasteiger partial charge in [0.15, 0.2) is 0 Å². The van der Waals surface area contributed by atoms with Gasteiger partial charge in [0.05, 0.1) is 6.61 Å². The highest BCUT2D eigenvalue weighted by molar-refractivity contribution is 5.66. The van der Waals surface area contributed by atoms with Crippen molar-refractivity contribution < 1.29 is 19.4 Å². The summed E-state index contributed by atoms with van der Waals surface area (Å²) >= 11 is 0. The molecule has 0 unspecified atom stereocenters. The van der Waals surface area contributed by atoms with E-state index in [0.29, 0.717) is 0 Å². The molecule has 3 atom stereocenters. The summed E-state index contributed by atoms with van der Waals surface area (Å²) in [5.41, 5.74) is -1.37. The molecule has 0 bridgehead atoms. The third kappa shape index (κ3) is 3.04. The van der Waals surface area contributed by atoms with E-state index >= 15 is 0 Å². The molecule has 0 radical (unpaired) electrons. The van der Waals surface area contributed by atoms with Crippen LogP contribution in [0.25, 0.3) is 0 Å². The Balaban J connectivity index is 2.32. The number of esters is 1. The maximum atomic E-state index is 11.8. The topological polar surface area (TPSA) is 111 Å². The van der Waals surface area contributed by atoms with Crippen molar-refractivity contribution in [2.24, 2.45) is 0 Å². The monoisotopic (exact) mass is 294 g/mol. The van der Waals surface area contributed by atoms with Crippen LogP contribution < -0.4 is 11.2 Å². The molecule has 112 valence electrons. The van der Waals surface area contributed by atoms with Crippen molar-refractivity contribution in [2.75, 3.05) is 6.61 Å². The largest absolute Gasteiger partial charge is 0.460 e. The molecule has 1 aliphatic rings. The van der Waals surface area contributed by atoms with Crippen LogP contribution in [0.15, 0.2) is 15.8 Å². The normalized spacial score (nSPS) is 24.5. The molecule has 2 rings (SSSR count). The highest BCUT2D eigenvalue weighted by atomic mass is 16.6. The van der Waals surface area contributed by atoms with E-state index in [0.717, 1.165) is 4.57 Å². The number of carbonyl (C=O) groups is 1. The zero-order valence-electron chi connectivity index (χ0n) is 11.2. The number of ether oxygens (including phenoxy) is 2. The molecule has 2 heterocycles. The molecular weight excluding hydrogens is 280 g/mol. The second-order valence-electron chi connectivity index (χ2n) is 4.55. The smallest absolute Gasteiger partial charge is 0.330 e. The Kier molecular flexibility index (Phi) is 4.26. The van der Waals surface area contributed by atoms with Gasteiger partial charge in [0.25, 0.3) is 5.56 Å². The number of aliphatic hydroxyl groups excluding tert-OH is 1. The average Bonchev–Trinajstić information content (AvgIpc) is 2.81. The van der Waals surface area contributed by atoms with Crippen LogP contribution in [0.1, 0.15) is 25.1 Å². The molecule has 21 heavy (non-hydrogen) atoms. The molecule has 1 aromatic heterocycles. The number of hydrogen-bond acceptors (Lipinski definition) is 6. The minimum absolute atomic E-state index is 0.0188. The standard InChI is InChI=1S/C13H14N2O6/c1-3-8-5-15(13(19)14-12(8)18)11-4-9(20-7(2)17)10(6-16)21-11/h1,5,9-11,16H,4,6H2,2H3,(H,14,18,19)/t9-,10+,11+/m0/s1. The molecule has 1 aromatic rings. The maximum absolute atomic E-state index is 11.8. The van der Waals surface area contributed by atoms with Gasteiger partial charge < -0.3 is 14.6 Å². The number of H-pyrrole nitrogens is 1. The molecule has 1 fully saturated rings. The molecule has 0 spiro atoms. The first kappa shape index (κ1) is 15.0. The summed E-state index contributed by atoms with van der Waals surface area (Å²) in [7, 11) is 0. The molecule has 8 heteroatoms. The van der Waals surface area contributed by atoms with E-state index in [1.54, 1.807) is 0 Å². The van der Waals surface area contributed by atoms with Gasteiger partial charge in [-0.2, -0.15) is 0 Å². The third-order valence-corrected chi connectivity index (χ3v) is 3.11. The van der Waals surface area contributed by atoms with Crippen LogP contribution in [-0.4, -0.2) is 39.4 Å². The van der Waals surface area contributed by atoms with Crippen LogP contribution in [0.5, 0.6) is 0 Å². The zero-order valence-corrected chi connectivity index (χ0v) is 11.2. The minimum Gasteiger partial charge on any atom is -0.460 e. The fraction of sp³-hybridized carbons (Fsp3) is 0.462. The molecule has 0 amide bonds. The molecule has 8 nitrogen and oxygen atoms in total. The zero-order chi connectivity index (χ0) is 15.6. The number of carbonyl (C=O) groups excluding carboxylic acids is 1. The SMILES string of the molecule is C#Cc1cn([C@H]2C[C@H](OC(C)=O)[C@@H](CO)O2)c(=O)[nH]c1=O. The van der Waals surface area contributed by atoms with Gasteiger partial charge in [0, 0.05) is 19.5 Å². The molecule has 0 aromatic carbocycles. The Morgan fingerprint density at radius 2 is 2.38 bits per heavy atom. The Hall–Kier alpha value is -2.37. The van der Waals surface area contributed by atoms with Gasteiger partial charge in [-0.25, -0.2) is 4.79 Å². The first-order chi connectivity index (χ1) is 9.96. The van der Waals surface area contributed by atoms with Gasteiger partial charge in [0.1, 0.15) is 24.0 Å². The van der Waals surface area contributed by atoms with Crippen molar-refractivity contribution in [3.63, 3.8) is 0 Å². The lowest BCUT2D eigenvalue weighted by Gasteiger charge is -2.15. The average molecular weight is 294 g/mol. The van der Waals surface area contributed by atoms with Crippen LogP contribution in [0.4, 0.5) is 0 Å². The molecule has 1 aliphatic heterocycles. The maximum Gasteiger partial charge on any atom is 0.330 e. The van der Waals surface area contributed by atoms with Crippen molar-refractivity contribution in [2.45, 2.75) is 31.8 Å². The summed E-state index contributed by atoms with van der Waals surface area (Å²) in [6.07, 6.45) is 4.34. The second kappa shape index (κ2) is 5.95. The number of aliphatic hydroxyl groups is 1. The minimum atomic E-state index is -0.789. The van der Waals surface area contributed by atoms with Crippen molar-refractivity contribution in [1.29, 1.82) is 0 Å². The Morgan fingerprint density at radius 1 is 1.67 bits per heavy atom. The quantitative estimate of drug-likeness (QED) is 0.531.